The number of ether oxygens (including phenoxy) is 2. The van der Waals surface area contributed by atoms with Gasteiger partial charge in [-0.25, -0.2) is 4.98 Å². The highest BCUT2D eigenvalue weighted by Gasteiger charge is 2.18. The number of nitrogens with zero attached hydrogens (tertiary/aromatic N) is 3. The molecule has 3 rings (SSSR count). The van der Waals surface area contributed by atoms with Crippen molar-refractivity contribution in [3.63, 3.8) is 0 Å². The number of morpholine rings is 1. The Bertz CT molecular complexity index is 923. The van der Waals surface area contributed by atoms with Gasteiger partial charge in [-0.1, -0.05) is 12.1 Å². The fourth-order valence-electron chi connectivity index (χ4n) is 3.59. The van der Waals surface area contributed by atoms with Gasteiger partial charge < -0.3 is 25.0 Å². The molecule has 0 amide bonds. The van der Waals surface area contributed by atoms with Crippen molar-refractivity contribution in [1.82, 2.24) is 15.6 Å². The van der Waals surface area contributed by atoms with Crippen molar-refractivity contribution < 1.29 is 9.47 Å². The van der Waals surface area contributed by atoms with Gasteiger partial charge in [0.2, 0.25) is 0 Å². The first-order chi connectivity index (χ1) is 15.2. The molecule has 2 N–H and O–H groups in total. The summed E-state index contributed by atoms with van der Waals surface area (Å²) < 4.78 is 11.8. The normalized spacial score (nSPS) is 17.2. The molecule has 7 heteroatoms. The first-order valence-corrected chi connectivity index (χ1v) is 11.3. The fraction of sp³-hybridized carbons (Fsp3) is 0.520. The zero-order valence-electron chi connectivity index (χ0n) is 20.2. The molecule has 0 saturated carbocycles. The van der Waals surface area contributed by atoms with Crippen molar-refractivity contribution in [2.75, 3.05) is 31.6 Å². The number of anilines is 1. The minimum atomic E-state index is -0.250. The summed E-state index contributed by atoms with van der Waals surface area (Å²) in [6.45, 7) is 14.1. The van der Waals surface area contributed by atoms with Crippen LogP contribution in [0, 0.1) is 6.92 Å². The molecule has 1 aliphatic rings. The molecule has 1 atom stereocenters. The molecule has 1 aromatic heterocycles. The number of pyridine rings is 1. The molecular weight excluding hydrogens is 402 g/mol. The molecule has 0 bridgehead atoms. The third kappa shape index (κ3) is 7.12. The van der Waals surface area contributed by atoms with Crippen LogP contribution in [0.1, 0.15) is 44.4 Å². The minimum absolute atomic E-state index is 0.226. The lowest BCUT2D eigenvalue weighted by Gasteiger charge is -2.32. The van der Waals surface area contributed by atoms with E-state index < -0.39 is 0 Å². The summed E-state index contributed by atoms with van der Waals surface area (Å²) in [6, 6.07) is 10.5. The number of rotatable bonds is 6. The van der Waals surface area contributed by atoms with Crippen LogP contribution in [-0.2, 0) is 17.8 Å². The van der Waals surface area contributed by atoms with Gasteiger partial charge in [-0.05, 0) is 63.9 Å². The largest absolute Gasteiger partial charge is 0.488 e. The summed E-state index contributed by atoms with van der Waals surface area (Å²) in [5.74, 6) is 2.63. The first-order valence-electron chi connectivity index (χ1n) is 11.3. The third-order valence-electron chi connectivity index (χ3n) is 5.14. The van der Waals surface area contributed by atoms with E-state index in [1.54, 1.807) is 7.05 Å². The lowest BCUT2D eigenvalue weighted by molar-refractivity contribution is 0.0529. The van der Waals surface area contributed by atoms with E-state index in [1.165, 1.54) is 5.56 Å². The quantitative estimate of drug-likeness (QED) is 0.529. The van der Waals surface area contributed by atoms with Gasteiger partial charge >= 0.3 is 0 Å². The second-order valence-corrected chi connectivity index (χ2v) is 9.25. The molecule has 1 aromatic carbocycles. The van der Waals surface area contributed by atoms with Crippen molar-refractivity contribution in [3.05, 3.63) is 53.2 Å². The highest BCUT2D eigenvalue weighted by molar-refractivity contribution is 5.79. The van der Waals surface area contributed by atoms with Gasteiger partial charge in [-0.2, -0.15) is 0 Å². The molecular formula is C25H37N5O2. The van der Waals surface area contributed by atoms with Gasteiger partial charge in [0.05, 0.1) is 12.7 Å². The number of aryl methyl sites for hydroxylation is 1. The van der Waals surface area contributed by atoms with Crippen molar-refractivity contribution in [1.29, 1.82) is 0 Å². The Hall–Kier alpha value is -2.80. The maximum absolute atomic E-state index is 6.17. The Morgan fingerprint density at radius 1 is 1.22 bits per heavy atom. The Morgan fingerprint density at radius 2 is 2.00 bits per heavy atom. The number of hydrogen-bond donors (Lipinski definition) is 2. The molecule has 0 aliphatic carbocycles. The van der Waals surface area contributed by atoms with Crippen LogP contribution in [0.2, 0.25) is 0 Å². The van der Waals surface area contributed by atoms with Crippen molar-refractivity contribution in [3.8, 4) is 5.75 Å². The molecule has 0 radical (unpaired) electrons. The predicted molar refractivity (Wildman–Crippen MR) is 130 cm³/mol. The Balaban J connectivity index is 1.59. The monoisotopic (exact) mass is 439 g/mol. The number of aliphatic imine (C=N–C) groups is 1. The molecule has 174 valence electrons. The van der Waals surface area contributed by atoms with Crippen molar-refractivity contribution >= 4 is 11.8 Å². The molecule has 2 aromatic rings. The lowest BCUT2D eigenvalue weighted by Crippen LogP contribution is -2.41. The van der Waals surface area contributed by atoms with Gasteiger partial charge in [0.15, 0.2) is 5.96 Å². The highest BCUT2D eigenvalue weighted by Crippen LogP contribution is 2.24. The van der Waals surface area contributed by atoms with Crippen LogP contribution in [-0.4, -0.2) is 49.4 Å². The summed E-state index contributed by atoms with van der Waals surface area (Å²) in [6.07, 6.45) is 2.09. The zero-order valence-corrected chi connectivity index (χ0v) is 20.2. The highest BCUT2D eigenvalue weighted by atomic mass is 16.5. The Kier molecular flexibility index (Phi) is 7.96. The number of benzene rings is 1. The SMILES string of the molecule is CN=C(NCc1ccnc(N2CCOC(C)C2)c1)NCc1ccc(C)cc1OC(C)(C)C. The van der Waals surface area contributed by atoms with Crippen molar-refractivity contribution in [2.24, 2.45) is 4.99 Å². The van der Waals surface area contributed by atoms with E-state index >= 15 is 0 Å². The van der Waals surface area contributed by atoms with E-state index in [1.807, 2.05) is 12.3 Å². The van der Waals surface area contributed by atoms with E-state index in [2.05, 4.69) is 84.4 Å². The third-order valence-corrected chi connectivity index (χ3v) is 5.14. The summed E-state index contributed by atoms with van der Waals surface area (Å²) in [5, 5.41) is 6.80. The van der Waals surface area contributed by atoms with Crippen LogP contribution in [0.4, 0.5) is 5.82 Å². The maximum atomic E-state index is 6.17. The Labute approximate surface area is 192 Å². The van der Waals surface area contributed by atoms with E-state index in [0.717, 1.165) is 48.4 Å². The maximum Gasteiger partial charge on any atom is 0.191 e. The smallest absolute Gasteiger partial charge is 0.191 e. The predicted octanol–water partition coefficient (Wildman–Crippen LogP) is 3.66. The van der Waals surface area contributed by atoms with Gasteiger partial charge in [0.25, 0.3) is 0 Å². The zero-order chi connectivity index (χ0) is 23.1. The summed E-state index contributed by atoms with van der Waals surface area (Å²) >= 11 is 0. The standard InChI is InChI=1S/C25H37N5O2/c1-18-7-8-21(22(13-18)32-25(3,4)5)16-29-24(26-6)28-15-20-9-10-27-23(14-20)30-11-12-31-19(2)17-30/h7-10,13-14,19H,11-12,15-17H2,1-6H3,(H2,26,28,29). The molecule has 1 unspecified atom stereocenters. The molecule has 32 heavy (non-hydrogen) atoms. The minimum Gasteiger partial charge on any atom is -0.488 e. The molecule has 7 nitrogen and oxygen atoms in total. The van der Waals surface area contributed by atoms with E-state index in [-0.39, 0.29) is 11.7 Å². The van der Waals surface area contributed by atoms with Crippen molar-refractivity contribution in [2.45, 2.75) is 59.4 Å². The first kappa shape index (κ1) is 23.9. The second-order valence-electron chi connectivity index (χ2n) is 9.25. The number of nitrogens with one attached hydrogen (secondary N) is 2. The van der Waals surface area contributed by atoms with Crippen LogP contribution >= 0.6 is 0 Å². The topological polar surface area (TPSA) is 71.0 Å². The van der Waals surface area contributed by atoms with Gasteiger partial charge in [0.1, 0.15) is 17.2 Å². The number of guanidine groups is 1. The summed E-state index contributed by atoms with van der Waals surface area (Å²) in [4.78, 5) is 11.2. The Morgan fingerprint density at radius 3 is 2.72 bits per heavy atom. The summed E-state index contributed by atoms with van der Waals surface area (Å²) in [7, 11) is 1.78. The average Bonchev–Trinajstić information content (AvgIpc) is 2.74. The van der Waals surface area contributed by atoms with Crippen LogP contribution in [0.15, 0.2) is 41.5 Å². The van der Waals surface area contributed by atoms with E-state index in [4.69, 9.17) is 9.47 Å². The average molecular weight is 440 g/mol. The number of hydrogen-bond acceptors (Lipinski definition) is 5. The van der Waals surface area contributed by atoms with E-state index in [0.29, 0.717) is 13.1 Å². The van der Waals surface area contributed by atoms with Gasteiger partial charge in [-0.3, -0.25) is 4.99 Å². The van der Waals surface area contributed by atoms with Gasteiger partial charge in [-0.15, -0.1) is 0 Å². The van der Waals surface area contributed by atoms with Crippen LogP contribution in [0.3, 0.4) is 0 Å². The van der Waals surface area contributed by atoms with Crippen LogP contribution in [0.25, 0.3) is 0 Å². The molecule has 1 fully saturated rings. The summed E-state index contributed by atoms with van der Waals surface area (Å²) in [5.41, 5.74) is 3.18. The van der Waals surface area contributed by atoms with Crippen LogP contribution < -0.4 is 20.3 Å². The van der Waals surface area contributed by atoms with Crippen LogP contribution in [0.5, 0.6) is 5.75 Å². The number of aromatic nitrogens is 1. The lowest BCUT2D eigenvalue weighted by atomic mass is 10.1. The molecule has 2 heterocycles. The van der Waals surface area contributed by atoms with E-state index in [9.17, 15) is 0 Å². The fourth-order valence-corrected chi connectivity index (χ4v) is 3.59. The molecule has 0 spiro atoms. The molecule has 1 aliphatic heterocycles. The van der Waals surface area contributed by atoms with Gasteiger partial charge in [0, 0.05) is 45.0 Å². The molecule has 1 saturated heterocycles. The second kappa shape index (κ2) is 10.7.